The fourth-order valence-electron chi connectivity index (χ4n) is 4.95. The molecule has 0 radical (unpaired) electrons. The molecule has 0 aliphatic heterocycles. The first kappa shape index (κ1) is 16.9. The van der Waals surface area contributed by atoms with Crippen LogP contribution in [0.1, 0.15) is 75.8 Å². The molecule has 2 aliphatic rings. The first-order valence-electron chi connectivity index (χ1n) is 9.90. The van der Waals surface area contributed by atoms with Crippen LogP contribution in [-0.2, 0) is 6.42 Å². The highest BCUT2D eigenvalue weighted by Gasteiger charge is 2.29. The van der Waals surface area contributed by atoms with E-state index in [0.29, 0.717) is 5.75 Å². The zero-order valence-corrected chi connectivity index (χ0v) is 15.1. The number of benzene rings is 1. The monoisotopic (exact) mass is 314 g/mol. The standard InChI is InChI=1S/C22H34O/c1-16-3-10-20(11-4-16)21-12-7-18(8-13-21)5-6-19-9-14-22(23)17(2)15-19/h9,14-16,18,20-21,23H,3-8,10-13H2,1-2H3. The molecule has 2 fully saturated rings. The molecule has 0 spiro atoms. The molecule has 0 bridgehead atoms. The molecule has 1 nitrogen and oxygen atoms in total. The summed E-state index contributed by atoms with van der Waals surface area (Å²) in [5, 5.41) is 9.63. The lowest BCUT2D eigenvalue weighted by atomic mass is 9.69. The Bertz CT molecular complexity index is 491. The summed E-state index contributed by atoms with van der Waals surface area (Å²) in [5.74, 6) is 4.43. The second kappa shape index (κ2) is 7.73. The van der Waals surface area contributed by atoms with E-state index in [1.54, 1.807) is 0 Å². The number of aromatic hydroxyl groups is 1. The van der Waals surface area contributed by atoms with E-state index < -0.39 is 0 Å². The van der Waals surface area contributed by atoms with Crippen molar-refractivity contribution in [3.05, 3.63) is 29.3 Å². The van der Waals surface area contributed by atoms with Gasteiger partial charge in [0, 0.05) is 0 Å². The Kier molecular flexibility index (Phi) is 5.67. The first-order chi connectivity index (χ1) is 11.1. The van der Waals surface area contributed by atoms with Gasteiger partial charge in [-0.3, -0.25) is 0 Å². The van der Waals surface area contributed by atoms with Crippen LogP contribution in [0.5, 0.6) is 5.75 Å². The summed E-state index contributed by atoms with van der Waals surface area (Å²) in [6.45, 7) is 4.42. The van der Waals surface area contributed by atoms with Gasteiger partial charge < -0.3 is 5.11 Å². The molecule has 0 saturated heterocycles. The molecule has 1 aromatic rings. The average molecular weight is 315 g/mol. The van der Waals surface area contributed by atoms with E-state index in [4.69, 9.17) is 0 Å². The van der Waals surface area contributed by atoms with Crippen molar-refractivity contribution in [3.8, 4) is 5.75 Å². The lowest BCUT2D eigenvalue weighted by Gasteiger charge is -2.37. The van der Waals surface area contributed by atoms with Crippen molar-refractivity contribution in [3.63, 3.8) is 0 Å². The maximum Gasteiger partial charge on any atom is 0.118 e. The summed E-state index contributed by atoms with van der Waals surface area (Å²) in [4.78, 5) is 0. The highest BCUT2D eigenvalue weighted by Crippen LogP contribution is 2.42. The maximum atomic E-state index is 9.63. The van der Waals surface area contributed by atoms with Gasteiger partial charge in [-0.2, -0.15) is 0 Å². The molecule has 128 valence electrons. The smallest absolute Gasteiger partial charge is 0.118 e. The van der Waals surface area contributed by atoms with E-state index in [1.807, 2.05) is 13.0 Å². The molecule has 3 rings (SSSR count). The highest BCUT2D eigenvalue weighted by atomic mass is 16.3. The van der Waals surface area contributed by atoms with Crippen LogP contribution in [-0.4, -0.2) is 5.11 Å². The molecule has 2 aliphatic carbocycles. The van der Waals surface area contributed by atoms with Gasteiger partial charge in [0.05, 0.1) is 0 Å². The molecular formula is C22H34O. The predicted molar refractivity (Wildman–Crippen MR) is 97.7 cm³/mol. The zero-order valence-electron chi connectivity index (χ0n) is 15.1. The van der Waals surface area contributed by atoms with Gasteiger partial charge >= 0.3 is 0 Å². The Hall–Kier alpha value is -0.980. The summed E-state index contributed by atoms with van der Waals surface area (Å²) < 4.78 is 0. The third-order valence-corrected chi connectivity index (χ3v) is 6.72. The first-order valence-corrected chi connectivity index (χ1v) is 9.90. The number of rotatable bonds is 4. The van der Waals surface area contributed by atoms with Crippen molar-refractivity contribution >= 4 is 0 Å². The third kappa shape index (κ3) is 4.52. The van der Waals surface area contributed by atoms with E-state index in [2.05, 4.69) is 19.1 Å². The van der Waals surface area contributed by atoms with Gasteiger partial charge in [-0.15, -0.1) is 0 Å². The van der Waals surface area contributed by atoms with Crippen LogP contribution in [0.3, 0.4) is 0 Å². The summed E-state index contributed by atoms with van der Waals surface area (Å²) in [6.07, 6.45) is 14.3. The van der Waals surface area contributed by atoms with Gasteiger partial charge in [0.1, 0.15) is 5.75 Å². The summed E-state index contributed by atoms with van der Waals surface area (Å²) in [6, 6.07) is 6.10. The molecule has 1 aromatic carbocycles. The minimum Gasteiger partial charge on any atom is -0.508 e. The Balaban J connectivity index is 1.41. The van der Waals surface area contributed by atoms with Gasteiger partial charge in [0.25, 0.3) is 0 Å². The van der Waals surface area contributed by atoms with E-state index in [0.717, 1.165) is 29.2 Å². The topological polar surface area (TPSA) is 20.2 Å². The van der Waals surface area contributed by atoms with E-state index >= 15 is 0 Å². The maximum absolute atomic E-state index is 9.63. The minimum atomic E-state index is 0.427. The van der Waals surface area contributed by atoms with E-state index in [9.17, 15) is 5.11 Å². The summed E-state index contributed by atoms with van der Waals surface area (Å²) >= 11 is 0. The number of hydrogen-bond acceptors (Lipinski definition) is 1. The summed E-state index contributed by atoms with van der Waals surface area (Å²) in [7, 11) is 0. The van der Waals surface area contributed by atoms with Crippen molar-refractivity contribution < 1.29 is 5.11 Å². The normalized spacial score (nSPS) is 31.9. The van der Waals surface area contributed by atoms with Crippen molar-refractivity contribution in [1.82, 2.24) is 0 Å². The fourth-order valence-corrected chi connectivity index (χ4v) is 4.95. The van der Waals surface area contributed by atoms with Crippen LogP contribution in [0.4, 0.5) is 0 Å². The van der Waals surface area contributed by atoms with Crippen molar-refractivity contribution in [1.29, 1.82) is 0 Å². The van der Waals surface area contributed by atoms with E-state index in [1.165, 1.54) is 69.8 Å². The van der Waals surface area contributed by atoms with Crippen LogP contribution in [0.2, 0.25) is 0 Å². The Morgan fingerprint density at radius 2 is 1.52 bits per heavy atom. The zero-order chi connectivity index (χ0) is 16.2. The molecular weight excluding hydrogens is 280 g/mol. The molecule has 0 atom stereocenters. The molecule has 1 heteroatoms. The number of aryl methyl sites for hydroxylation is 2. The largest absolute Gasteiger partial charge is 0.508 e. The van der Waals surface area contributed by atoms with Crippen LogP contribution in [0.15, 0.2) is 18.2 Å². The van der Waals surface area contributed by atoms with Gasteiger partial charge in [-0.05, 0) is 86.3 Å². The Morgan fingerprint density at radius 3 is 2.13 bits per heavy atom. The second-order valence-corrected chi connectivity index (χ2v) is 8.46. The van der Waals surface area contributed by atoms with Crippen LogP contribution >= 0.6 is 0 Å². The van der Waals surface area contributed by atoms with Gasteiger partial charge in [0.2, 0.25) is 0 Å². The Labute approximate surface area is 142 Å². The molecule has 0 amide bonds. The molecule has 23 heavy (non-hydrogen) atoms. The molecule has 1 N–H and O–H groups in total. The fraction of sp³-hybridized carbons (Fsp3) is 0.727. The molecule has 0 aromatic heterocycles. The molecule has 0 unspecified atom stereocenters. The van der Waals surface area contributed by atoms with Crippen molar-refractivity contribution in [2.75, 3.05) is 0 Å². The molecule has 0 heterocycles. The quantitative estimate of drug-likeness (QED) is 0.694. The second-order valence-electron chi connectivity index (χ2n) is 8.46. The van der Waals surface area contributed by atoms with Gasteiger partial charge in [0.15, 0.2) is 0 Å². The van der Waals surface area contributed by atoms with Crippen LogP contribution in [0.25, 0.3) is 0 Å². The van der Waals surface area contributed by atoms with Crippen LogP contribution in [0, 0.1) is 30.6 Å². The summed E-state index contributed by atoms with van der Waals surface area (Å²) in [5.41, 5.74) is 2.40. The van der Waals surface area contributed by atoms with Crippen LogP contribution < -0.4 is 0 Å². The lowest BCUT2D eigenvalue weighted by molar-refractivity contribution is 0.148. The highest BCUT2D eigenvalue weighted by molar-refractivity contribution is 5.34. The van der Waals surface area contributed by atoms with Crippen molar-refractivity contribution in [2.24, 2.45) is 23.7 Å². The SMILES string of the molecule is Cc1cc(CCC2CCC(C3CCC(C)CC3)CC2)ccc1O. The molecule has 2 saturated carbocycles. The van der Waals surface area contributed by atoms with Gasteiger partial charge in [-0.25, -0.2) is 0 Å². The Morgan fingerprint density at radius 1 is 0.913 bits per heavy atom. The lowest BCUT2D eigenvalue weighted by Crippen LogP contribution is -2.25. The number of phenolic OH excluding ortho intramolecular Hbond substituents is 1. The minimum absolute atomic E-state index is 0.427. The number of phenols is 1. The van der Waals surface area contributed by atoms with Crippen molar-refractivity contribution in [2.45, 2.75) is 78.1 Å². The van der Waals surface area contributed by atoms with E-state index in [-0.39, 0.29) is 0 Å². The predicted octanol–water partition coefficient (Wildman–Crippen LogP) is 6.27. The van der Waals surface area contributed by atoms with Gasteiger partial charge in [-0.1, -0.05) is 44.7 Å². The third-order valence-electron chi connectivity index (χ3n) is 6.72. The number of hydrogen-bond donors (Lipinski definition) is 1. The average Bonchev–Trinajstić information content (AvgIpc) is 2.57.